The predicted octanol–water partition coefficient (Wildman–Crippen LogP) is 2.69. The quantitative estimate of drug-likeness (QED) is 0.426. The first-order valence-corrected chi connectivity index (χ1v) is 8.43. The van der Waals surface area contributed by atoms with Crippen molar-refractivity contribution in [3.05, 3.63) is 33.3 Å². The lowest BCUT2D eigenvalue weighted by Gasteiger charge is -2.21. The van der Waals surface area contributed by atoms with E-state index in [2.05, 4.69) is 10.6 Å². The molecule has 1 aliphatic heterocycles. The largest absolute Gasteiger partial charge is 0.325 e. The van der Waals surface area contributed by atoms with Crippen LogP contribution in [0.1, 0.15) is 33.1 Å². The molecule has 1 aliphatic rings. The Morgan fingerprint density at radius 3 is 2.73 bits per heavy atom. The number of nitrogens with zero attached hydrogens (tertiary/aromatic N) is 2. The van der Waals surface area contributed by atoms with Gasteiger partial charge in [-0.1, -0.05) is 31.4 Å². The maximum absolute atomic E-state index is 12.5. The molecule has 2 N–H and O–H groups in total. The first-order valence-electron chi connectivity index (χ1n) is 8.06. The van der Waals surface area contributed by atoms with Gasteiger partial charge in [0, 0.05) is 11.8 Å². The van der Waals surface area contributed by atoms with E-state index in [4.69, 9.17) is 11.6 Å². The summed E-state index contributed by atoms with van der Waals surface area (Å²) in [5, 5.41) is 15.9. The van der Waals surface area contributed by atoms with Crippen LogP contribution in [0.5, 0.6) is 0 Å². The van der Waals surface area contributed by atoms with Gasteiger partial charge < -0.3 is 10.6 Å². The third kappa shape index (κ3) is 4.10. The van der Waals surface area contributed by atoms with Crippen LogP contribution in [0.15, 0.2) is 18.2 Å². The number of hydrogen-bond acceptors (Lipinski definition) is 5. The molecule has 26 heavy (non-hydrogen) atoms. The lowest BCUT2D eigenvalue weighted by molar-refractivity contribution is -0.384. The molecule has 0 aliphatic carbocycles. The Balaban J connectivity index is 2.06. The molecule has 140 valence electrons. The monoisotopic (exact) mass is 382 g/mol. The van der Waals surface area contributed by atoms with E-state index in [1.807, 2.05) is 6.92 Å². The number of unbranched alkanes of at least 4 members (excludes halogenated alkanes) is 1. The second-order valence-electron chi connectivity index (χ2n) is 6.23. The number of anilines is 1. The molecule has 4 amide bonds. The molecule has 1 heterocycles. The third-order valence-electron chi connectivity index (χ3n) is 4.10. The van der Waals surface area contributed by atoms with Crippen molar-refractivity contribution < 1.29 is 19.3 Å². The van der Waals surface area contributed by atoms with Gasteiger partial charge in [-0.2, -0.15) is 0 Å². The second-order valence-corrected chi connectivity index (χ2v) is 6.64. The van der Waals surface area contributed by atoms with Gasteiger partial charge in [0.2, 0.25) is 5.91 Å². The molecule has 1 aromatic rings. The van der Waals surface area contributed by atoms with Gasteiger partial charge in [0.25, 0.3) is 11.6 Å². The van der Waals surface area contributed by atoms with Crippen LogP contribution in [0, 0.1) is 10.1 Å². The van der Waals surface area contributed by atoms with Crippen molar-refractivity contribution in [3.8, 4) is 0 Å². The van der Waals surface area contributed by atoms with Gasteiger partial charge >= 0.3 is 6.03 Å². The number of imide groups is 1. The highest BCUT2D eigenvalue weighted by Gasteiger charge is 2.47. The molecule has 1 saturated heterocycles. The summed E-state index contributed by atoms with van der Waals surface area (Å²) in [7, 11) is 0. The van der Waals surface area contributed by atoms with E-state index in [0.717, 1.165) is 23.8 Å². The van der Waals surface area contributed by atoms with Crippen molar-refractivity contribution in [1.82, 2.24) is 10.2 Å². The summed E-state index contributed by atoms with van der Waals surface area (Å²) in [5.41, 5.74) is -1.23. The van der Waals surface area contributed by atoms with Crippen LogP contribution in [-0.4, -0.2) is 39.8 Å². The van der Waals surface area contributed by atoms with E-state index in [0.29, 0.717) is 6.42 Å². The van der Waals surface area contributed by atoms with E-state index in [9.17, 15) is 24.5 Å². The van der Waals surface area contributed by atoms with Crippen molar-refractivity contribution >= 4 is 40.8 Å². The highest BCUT2D eigenvalue weighted by molar-refractivity contribution is 6.32. The number of nitrogens with one attached hydrogen (secondary N) is 2. The number of nitro groups is 1. The molecule has 0 aromatic heterocycles. The number of hydrogen-bond donors (Lipinski definition) is 2. The normalized spacial score (nSPS) is 19.4. The smallest absolute Gasteiger partial charge is 0.324 e. The standard InChI is InChI=1S/C16H19ClN4O5/c1-3-4-7-16(2)14(23)20(15(24)19-16)9-13(22)18-10-5-6-11(17)12(8-10)21(25)26/h5-6,8H,3-4,7,9H2,1-2H3,(H,18,22)(H,19,24)/t16-/m0/s1. The zero-order chi connectivity index (χ0) is 19.5. The van der Waals surface area contributed by atoms with Crippen molar-refractivity contribution in [2.75, 3.05) is 11.9 Å². The summed E-state index contributed by atoms with van der Waals surface area (Å²) in [6, 6.07) is 3.15. The maximum atomic E-state index is 12.5. The number of benzene rings is 1. The minimum Gasteiger partial charge on any atom is -0.324 e. The number of nitro benzene ring substituents is 1. The maximum Gasteiger partial charge on any atom is 0.325 e. The Hall–Kier alpha value is -2.68. The van der Waals surface area contributed by atoms with Gasteiger partial charge in [-0.15, -0.1) is 0 Å². The Morgan fingerprint density at radius 1 is 1.42 bits per heavy atom. The summed E-state index contributed by atoms with van der Waals surface area (Å²) in [4.78, 5) is 47.7. The Bertz CT molecular complexity index is 769. The first-order chi connectivity index (χ1) is 12.2. The molecule has 0 unspecified atom stereocenters. The fourth-order valence-electron chi connectivity index (χ4n) is 2.66. The summed E-state index contributed by atoms with van der Waals surface area (Å²) < 4.78 is 0. The molecule has 1 atom stereocenters. The zero-order valence-electron chi connectivity index (χ0n) is 14.4. The van der Waals surface area contributed by atoms with Gasteiger partial charge in [0.15, 0.2) is 0 Å². The zero-order valence-corrected chi connectivity index (χ0v) is 15.1. The molecule has 1 aromatic carbocycles. The highest BCUT2D eigenvalue weighted by Crippen LogP contribution is 2.27. The predicted molar refractivity (Wildman–Crippen MR) is 94.9 cm³/mol. The van der Waals surface area contributed by atoms with E-state index < -0.39 is 34.9 Å². The molecule has 0 spiro atoms. The van der Waals surface area contributed by atoms with Crippen molar-refractivity contribution in [3.63, 3.8) is 0 Å². The molecule has 0 saturated carbocycles. The lowest BCUT2D eigenvalue weighted by atomic mass is 9.95. The fraction of sp³-hybridized carbons (Fsp3) is 0.438. The van der Waals surface area contributed by atoms with Gasteiger partial charge in [0.1, 0.15) is 17.1 Å². The van der Waals surface area contributed by atoms with E-state index >= 15 is 0 Å². The Labute approximate surface area is 154 Å². The van der Waals surface area contributed by atoms with Gasteiger partial charge in [-0.05, 0) is 25.5 Å². The Kier molecular flexibility index (Phi) is 5.81. The minimum atomic E-state index is -1.02. The highest BCUT2D eigenvalue weighted by atomic mass is 35.5. The average molecular weight is 383 g/mol. The van der Waals surface area contributed by atoms with E-state index in [-0.39, 0.29) is 16.4 Å². The fourth-order valence-corrected chi connectivity index (χ4v) is 2.85. The number of carbonyl (C=O) groups is 3. The molecule has 0 bridgehead atoms. The molecular weight excluding hydrogens is 364 g/mol. The number of halogens is 1. The van der Waals surface area contributed by atoms with Gasteiger partial charge in [-0.3, -0.25) is 24.6 Å². The molecule has 1 fully saturated rings. The van der Waals surface area contributed by atoms with E-state index in [1.54, 1.807) is 6.92 Å². The van der Waals surface area contributed by atoms with Crippen molar-refractivity contribution in [1.29, 1.82) is 0 Å². The van der Waals surface area contributed by atoms with Crippen LogP contribution in [0.25, 0.3) is 0 Å². The first kappa shape index (κ1) is 19.6. The number of rotatable bonds is 7. The summed E-state index contributed by atoms with van der Waals surface area (Å²) >= 11 is 5.72. The van der Waals surface area contributed by atoms with Gasteiger partial charge in [-0.25, -0.2) is 4.79 Å². The molecule has 2 rings (SSSR count). The molecular formula is C16H19ClN4O5. The summed E-state index contributed by atoms with van der Waals surface area (Å²) in [5.74, 6) is -1.11. The number of urea groups is 1. The van der Waals surface area contributed by atoms with Crippen LogP contribution in [0.4, 0.5) is 16.2 Å². The third-order valence-corrected chi connectivity index (χ3v) is 4.42. The van der Waals surface area contributed by atoms with E-state index in [1.165, 1.54) is 12.1 Å². The van der Waals surface area contributed by atoms with Gasteiger partial charge in [0.05, 0.1) is 4.92 Å². The SMILES string of the molecule is CCCC[C@]1(C)NC(=O)N(CC(=O)Nc2ccc(Cl)c([N+](=O)[O-])c2)C1=O. The lowest BCUT2D eigenvalue weighted by Crippen LogP contribution is -2.44. The molecule has 0 radical (unpaired) electrons. The molecule has 9 nitrogen and oxygen atoms in total. The molecule has 10 heteroatoms. The van der Waals surface area contributed by atoms with Crippen LogP contribution in [-0.2, 0) is 9.59 Å². The Morgan fingerprint density at radius 2 is 2.12 bits per heavy atom. The summed E-state index contributed by atoms with van der Waals surface area (Å²) in [6.45, 7) is 3.12. The van der Waals surface area contributed by atoms with Crippen molar-refractivity contribution in [2.45, 2.75) is 38.6 Å². The van der Waals surface area contributed by atoms with Crippen LogP contribution >= 0.6 is 11.6 Å². The van der Waals surface area contributed by atoms with Crippen LogP contribution in [0.2, 0.25) is 5.02 Å². The number of carbonyl (C=O) groups excluding carboxylic acids is 3. The average Bonchev–Trinajstić information content (AvgIpc) is 2.78. The van der Waals surface area contributed by atoms with Crippen molar-refractivity contribution in [2.24, 2.45) is 0 Å². The number of amides is 4. The topological polar surface area (TPSA) is 122 Å². The summed E-state index contributed by atoms with van der Waals surface area (Å²) in [6.07, 6.45) is 2.11. The second kappa shape index (κ2) is 7.69. The minimum absolute atomic E-state index is 0.0613. The van der Waals surface area contributed by atoms with Crippen LogP contribution in [0.3, 0.4) is 0 Å². The van der Waals surface area contributed by atoms with Crippen LogP contribution < -0.4 is 10.6 Å².